The third kappa shape index (κ3) is 9.88. The van der Waals surface area contributed by atoms with Gasteiger partial charge in [-0.05, 0) is 62.8 Å². The Kier molecular flexibility index (Phi) is 12.8. The second-order valence-corrected chi connectivity index (χ2v) is 8.16. The minimum Gasteiger partial charge on any atom is -0.370 e. The van der Waals surface area contributed by atoms with Gasteiger partial charge in [-0.15, -0.1) is 12.4 Å². The van der Waals surface area contributed by atoms with Gasteiger partial charge >= 0.3 is 0 Å². The minimum atomic E-state index is -0.161. The average molecular weight is 361 g/mol. The first kappa shape index (κ1) is 23.7. The van der Waals surface area contributed by atoms with Crippen LogP contribution in [-0.4, -0.2) is 18.5 Å². The van der Waals surface area contributed by atoms with E-state index in [0.717, 1.165) is 25.3 Å². The molecule has 1 fully saturated rings. The molecule has 4 heteroatoms. The van der Waals surface area contributed by atoms with Gasteiger partial charge in [0.2, 0.25) is 5.91 Å². The van der Waals surface area contributed by atoms with E-state index in [-0.39, 0.29) is 18.3 Å². The van der Waals surface area contributed by atoms with Crippen LogP contribution in [0.15, 0.2) is 0 Å². The van der Waals surface area contributed by atoms with Crippen LogP contribution < -0.4 is 11.1 Å². The van der Waals surface area contributed by atoms with E-state index in [9.17, 15) is 4.79 Å². The molecule has 1 aliphatic rings. The summed E-state index contributed by atoms with van der Waals surface area (Å²) < 4.78 is 0. The van der Waals surface area contributed by atoms with Crippen LogP contribution >= 0.6 is 12.4 Å². The number of nitrogens with one attached hydrogen (secondary N) is 1. The largest absolute Gasteiger partial charge is 0.370 e. The summed E-state index contributed by atoms with van der Waals surface area (Å²) in [5.41, 5.74) is 5.85. The molecule has 0 aromatic carbocycles. The zero-order chi connectivity index (χ0) is 17.1. The fraction of sp³-hybridized carbons (Fsp3) is 0.950. The van der Waals surface area contributed by atoms with Crippen LogP contribution in [0.3, 0.4) is 0 Å². The Balaban J connectivity index is 0.00000529. The van der Waals surface area contributed by atoms with Crippen molar-refractivity contribution in [2.45, 2.75) is 104 Å². The molecule has 1 atom stereocenters. The second-order valence-electron chi connectivity index (χ2n) is 8.16. The average Bonchev–Trinajstić information content (AvgIpc) is 2.51. The first-order valence-electron chi connectivity index (χ1n) is 9.99. The maximum absolute atomic E-state index is 11.0. The molecular weight excluding hydrogens is 320 g/mol. The van der Waals surface area contributed by atoms with Crippen LogP contribution in [0.1, 0.15) is 97.8 Å². The predicted molar refractivity (Wildman–Crippen MR) is 107 cm³/mol. The van der Waals surface area contributed by atoms with Crippen molar-refractivity contribution in [2.24, 2.45) is 17.1 Å². The Hall–Kier alpha value is -0.280. The van der Waals surface area contributed by atoms with Gasteiger partial charge in [0.05, 0.1) is 0 Å². The van der Waals surface area contributed by atoms with Crippen LogP contribution in [0, 0.1) is 11.3 Å². The summed E-state index contributed by atoms with van der Waals surface area (Å²) in [5.74, 6) is 0.622. The molecule has 3 N–H and O–H groups in total. The molecule has 0 bridgehead atoms. The summed E-state index contributed by atoms with van der Waals surface area (Å²) in [6.45, 7) is 8.06. The minimum absolute atomic E-state index is 0. The van der Waals surface area contributed by atoms with Crippen LogP contribution in [0.25, 0.3) is 0 Å². The molecule has 0 heterocycles. The molecule has 1 aliphatic carbocycles. The number of carbonyl (C=O) groups is 1. The molecule has 0 aromatic heterocycles. The molecular formula is C20H41ClN2O. The van der Waals surface area contributed by atoms with E-state index in [4.69, 9.17) is 5.73 Å². The molecule has 0 aliphatic heterocycles. The molecule has 1 saturated carbocycles. The summed E-state index contributed by atoms with van der Waals surface area (Å²) in [4.78, 5) is 11.0. The predicted octanol–water partition coefficient (Wildman–Crippen LogP) is 5.21. The molecule has 24 heavy (non-hydrogen) atoms. The van der Waals surface area contributed by atoms with E-state index < -0.39 is 0 Å². The lowest BCUT2D eigenvalue weighted by Gasteiger charge is -2.39. The molecule has 1 amide bonds. The van der Waals surface area contributed by atoms with Gasteiger partial charge in [0.1, 0.15) is 0 Å². The normalized spacial score (nSPS) is 18.2. The lowest BCUT2D eigenvalue weighted by atomic mass is 9.68. The SMILES string of the molecule is CCC1(CC(CCCC(N)=O)NCCCC(C)C)CCCCC1.Cl. The van der Waals surface area contributed by atoms with Crippen molar-refractivity contribution < 1.29 is 4.79 Å². The monoisotopic (exact) mass is 360 g/mol. The number of amides is 1. The Morgan fingerprint density at radius 1 is 1.12 bits per heavy atom. The smallest absolute Gasteiger partial charge is 0.217 e. The third-order valence-corrected chi connectivity index (χ3v) is 5.71. The van der Waals surface area contributed by atoms with Gasteiger partial charge in [-0.3, -0.25) is 4.79 Å². The zero-order valence-corrected chi connectivity index (χ0v) is 17.1. The van der Waals surface area contributed by atoms with E-state index in [1.807, 2.05) is 0 Å². The van der Waals surface area contributed by atoms with Crippen molar-refractivity contribution in [3.8, 4) is 0 Å². The summed E-state index contributed by atoms with van der Waals surface area (Å²) in [7, 11) is 0. The van der Waals surface area contributed by atoms with Crippen molar-refractivity contribution in [3.63, 3.8) is 0 Å². The summed E-state index contributed by atoms with van der Waals surface area (Å²) >= 11 is 0. The Bertz CT molecular complexity index is 328. The number of carbonyl (C=O) groups excluding carboxylic acids is 1. The van der Waals surface area contributed by atoms with E-state index in [2.05, 4.69) is 26.1 Å². The van der Waals surface area contributed by atoms with Gasteiger partial charge in [-0.2, -0.15) is 0 Å². The summed E-state index contributed by atoms with van der Waals surface area (Å²) in [6, 6.07) is 0.555. The third-order valence-electron chi connectivity index (χ3n) is 5.71. The van der Waals surface area contributed by atoms with E-state index in [1.54, 1.807) is 0 Å². The maximum Gasteiger partial charge on any atom is 0.217 e. The van der Waals surface area contributed by atoms with Crippen molar-refractivity contribution in [2.75, 3.05) is 6.54 Å². The van der Waals surface area contributed by atoms with Crippen LogP contribution in [-0.2, 0) is 4.79 Å². The van der Waals surface area contributed by atoms with Crippen molar-refractivity contribution in [3.05, 3.63) is 0 Å². The highest BCUT2D eigenvalue weighted by Crippen LogP contribution is 2.43. The van der Waals surface area contributed by atoms with Gasteiger partial charge in [-0.25, -0.2) is 0 Å². The quantitative estimate of drug-likeness (QED) is 0.469. The molecule has 1 unspecified atom stereocenters. The Labute approximate surface area is 156 Å². The molecule has 0 aromatic rings. The van der Waals surface area contributed by atoms with Gasteiger partial charge in [0.15, 0.2) is 0 Å². The molecule has 1 rings (SSSR count). The number of hydrogen-bond donors (Lipinski definition) is 2. The van der Waals surface area contributed by atoms with Crippen molar-refractivity contribution >= 4 is 18.3 Å². The first-order valence-corrected chi connectivity index (χ1v) is 9.99. The Morgan fingerprint density at radius 3 is 2.33 bits per heavy atom. The van der Waals surface area contributed by atoms with E-state index >= 15 is 0 Å². The molecule has 3 nitrogen and oxygen atoms in total. The first-order chi connectivity index (χ1) is 11.0. The lowest BCUT2D eigenvalue weighted by molar-refractivity contribution is -0.118. The van der Waals surface area contributed by atoms with Crippen molar-refractivity contribution in [1.29, 1.82) is 0 Å². The molecule has 0 saturated heterocycles. The number of primary amides is 1. The fourth-order valence-electron chi connectivity index (χ4n) is 4.14. The van der Waals surface area contributed by atoms with E-state index in [0.29, 0.717) is 17.9 Å². The molecule has 144 valence electrons. The highest BCUT2D eigenvalue weighted by molar-refractivity contribution is 5.85. The highest BCUT2D eigenvalue weighted by Gasteiger charge is 2.32. The number of rotatable bonds is 12. The molecule has 0 spiro atoms. The number of halogens is 1. The van der Waals surface area contributed by atoms with Gasteiger partial charge < -0.3 is 11.1 Å². The Morgan fingerprint density at radius 2 is 1.79 bits per heavy atom. The number of hydrogen-bond acceptors (Lipinski definition) is 2. The second kappa shape index (κ2) is 13.0. The fourth-order valence-corrected chi connectivity index (χ4v) is 4.14. The van der Waals surface area contributed by atoms with Crippen LogP contribution in [0.2, 0.25) is 0 Å². The van der Waals surface area contributed by atoms with Crippen LogP contribution in [0.5, 0.6) is 0 Å². The van der Waals surface area contributed by atoms with E-state index in [1.165, 1.54) is 57.8 Å². The van der Waals surface area contributed by atoms with Gasteiger partial charge in [-0.1, -0.05) is 46.5 Å². The summed E-state index contributed by atoms with van der Waals surface area (Å²) in [6.07, 6.45) is 14.7. The maximum atomic E-state index is 11.0. The molecule has 0 radical (unpaired) electrons. The number of nitrogens with two attached hydrogens (primary N) is 1. The van der Waals surface area contributed by atoms with Gasteiger partial charge in [0.25, 0.3) is 0 Å². The van der Waals surface area contributed by atoms with Gasteiger partial charge in [0, 0.05) is 12.5 Å². The standard InChI is InChI=1S/C20H40N2O.ClH/c1-4-20(13-6-5-7-14-20)16-18(11-8-12-19(21)23)22-15-9-10-17(2)3;/h17-18,22H,4-16H2,1-3H3,(H2,21,23);1H. The highest BCUT2D eigenvalue weighted by atomic mass is 35.5. The van der Waals surface area contributed by atoms with Crippen molar-refractivity contribution in [1.82, 2.24) is 5.32 Å². The lowest BCUT2D eigenvalue weighted by Crippen LogP contribution is -2.37. The zero-order valence-electron chi connectivity index (χ0n) is 16.2. The van der Waals surface area contributed by atoms with Crippen LogP contribution in [0.4, 0.5) is 0 Å². The topological polar surface area (TPSA) is 55.1 Å². The summed E-state index contributed by atoms with van der Waals surface area (Å²) in [5, 5.41) is 3.80.